The van der Waals surface area contributed by atoms with Crippen molar-refractivity contribution < 1.29 is 13.9 Å². The average Bonchev–Trinajstić information content (AvgIpc) is 3.73. The van der Waals surface area contributed by atoms with Gasteiger partial charge in [0.05, 0.1) is 22.4 Å². The van der Waals surface area contributed by atoms with Gasteiger partial charge in [0.2, 0.25) is 0 Å². The molecule has 0 saturated carbocycles. The lowest BCUT2D eigenvalue weighted by Gasteiger charge is -2.38. The van der Waals surface area contributed by atoms with Crippen molar-refractivity contribution in [3.05, 3.63) is 181 Å². The third-order valence-corrected chi connectivity index (χ3v) is 11.8. The monoisotopic (exact) mass is 722 g/mol. The van der Waals surface area contributed by atoms with E-state index in [1.807, 2.05) is 48.5 Å². The van der Waals surface area contributed by atoms with E-state index in [4.69, 9.17) is 13.9 Å². The van der Waals surface area contributed by atoms with Crippen LogP contribution in [-0.4, -0.2) is 0 Å². The van der Waals surface area contributed by atoms with Crippen molar-refractivity contribution in [2.75, 3.05) is 9.80 Å². The molecule has 5 heteroatoms. The van der Waals surface area contributed by atoms with Crippen molar-refractivity contribution in [2.24, 2.45) is 0 Å². The molecule has 1 aromatic heterocycles. The molecule has 266 valence electrons. The lowest BCUT2D eigenvalue weighted by molar-refractivity contribution is 0.446. The number of ether oxygens (including phenoxy) is 2. The highest BCUT2D eigenvalue weighted by atomic mass is 16.5. The summed E-state index contributed by atoms with van der Waals surface area (Å²) in [6.45, 7) is 4.67. The van der Waals surface area contributed by atoms with Gasteiger partial charge >= 0.3 is 0 Å². The summed E-state index contributed by atoms with van der Waals surface area (Å²) in [6.07, 6.45) is 0. The maximum atomic E-state index is 6.59. The lowest BCUT2D eigenvalue weighted by atomic mass is 9.82. The van der Waals surface area contributed by atoms with Gasteiger partial charge in [-0.3, -0.25) is 4.90 Å². The number of hydrogen-bond acceptors (Lipinski definition) is 5. The molecule has 0 atom stereocenters. The molecular formula is C51H34N2O3. The molecule has 2 aliphatic heterocycles. The van der Waals surface area contributed by atoms with Gasteiger partial charge in [0.25, 0.3) is 0 Å². The van der Waals surface area contributed by atoms with Crippen LogP contribution in [0.4, 0.5) is 34.1 Å². The number of anilines is 6. The van der Waals surface area contributed by atoms with Gasteiger partial charge in [0.15, 0.2) is 23.0 Å². The zero-order valence-corrected chi connectivity index (χ0v) is 30.8. The Kier molecular flexibility index (Phi) is 6.33. The second-order valence-electron chi connectivity index (χ2n) is 15.3. The van der Waals surface area contributed by atoms with Crippen molar-refractivity contribution in [2.45, 2.75) is 19.3 Å². The Morgan fingerprint density at radius 3 is 1.88 bits per heavy atom. The molecule has 0 fully saturated rings. The highest BCUT2D eigenvalue weighted by molar-refractivity contribution is 6.13. The minimum Gasteiger partial charge on any atom is -0.456 e. The first-order valence-corrected chi connectivity index (χ1v) is 19.1. The summed E-state index contributed by atoms with van der Waals surface area (Å²) >= 11 is 0. The Labute approximate surface area is 324 Å². The summed E-state index contributed by atoms with van der Waals surface area (Å²) < 4.78 is 19.6. The molecule has 8 aromatic carbocycles. The van der Waals surface area contributed by atoms with Crippen molar-refractivity contribution in [1.29, 1.82) is 0 Å². The van der Waals surface area contributed by atoms with E-state index in [1.54, 1.807) is 0 Å². The number of rotatable bonds is 4. The fourth-order valence-corrected chi connectivity index (χ4v) is 9.19. The molecule has 3 heterocycles. The molecule has 0 saturated heterocycles. The molecular weight excluding hydrogens is 689 g/mol. The SMILES string of the molecule is CC1(C)c2ccccc2-c2ccc(N(c3ccc(-c4cc5c6c(c4)Oc4ccccc4N6c4ccccc4O5)cc3)c3cccc4oc5ccccc5c34)cc21. The number of nitrogens with zero attached hydrogens (tertiary/aromatic N) is 2. The fourth-order valence-electron chi connectivity index (χ4n) is 9.19. The Morgan fingerprint density at radius 2 is 1.11 bits per heavy atom. The number of benzene rings is 8. The average molecular weight is 723 g/mol. The van der Waals surface area contributed by atoms with Gasteiger partial charge in [-0.15, -0.1) is 0 Å². The van der Waals surface area contributed by atoms with Gasteiger partial charge in [-0.2, -0.15) is 0 Å². The minimum atomic E-state index is -0.140. The lowest BCUT2D eigenvalue weighted by Crippen LogP contribution is -2.20. The van der Waals surface area contributed by atoms with Crippen LogP contribution in [0.25, 0.3) is 44.2 Å². The molecule has 9 aromatic rings. The van der Waals surface area contributed by atoms with E-state index in [-0.39, 0.29) is 5.41 Å². The van der Waals surface area contributed by atoms with Crippen LogP contribution >= 0.6 is 0 Å². The first-order chi connectivity index (χ1) is 27.5. The maximum Gasteiger partial charge on any atom is 0.156 e. The number of fused-ring (bicyclic) bond motifs is 10. The Hall–Kier alpha value is -7.24. The zero-order valence-electron chi connectivity index (χ0n) is 30.8. The number of furan rings is 1. The highest BCUT2D eigenvalue weighted by Crippen LogP contribution is 2.60. The first-order valence-electron chi connectivity index (χ1n) is 19.1. The van der Waals surface area contributed by atoms with Gasteiger partial charge in [-0.1, -0.05) is 105 Å². The Bertz CT molecular complexity index is 3010. The van der Waals surface area contributed by atoms with Crippen LogP contribution in [0.3, 0.4) is 0 Å². The van der Waals surface area contributed by atoms with E-state index in [0.717, 1.165) is 90.2 Å². The van der Waals surface area contributed by atoms with Crippen molar-refractivity contribution in [3.8, 4) is 45.3 Å². The van der Waals surface area contributed by atoms with Crippen LogP contribution in [0.5, 0.6) is 23.0 Å². The van der Waals surface area contributed by atoms with Crippen molar-refractivity contribution >= 4 is 56.1 Å². The van der Waals surface area contributed by atoms with Crippen LogP contribution in [0.1, 0.15) is 25.0 Å². The van der Waals surface area contributed by atoms with Crippen molar-refractivity contribution in [1.82, 2.24) is 0 Å². The fraction of sp³-hybridized carbons (Fsp3) is 0.0588. The van der Waals surface area contributed by atoms with E-state index < -0.39 is 0 Å². The van der Waals surface area contributed by atoms with Crippen LogP contribution in [-0.2, 0) is 5.41 Å². The molecule has 56 heavy (non-hydrogen) atoms. The third kappa shape index (κ3) is 4.37. The van der Waals surface area contributed by atoms with Gasteiger partial charge in [0, 0.05) is 22.2 Å². The first kappa shape index (κ1) is 31.1. The zero-order chi connectivity index (χ0) is 37.1. The van der Waals surface area contributed by atoms with Crippen LogP contribution in [0.15, 0.2) is 174 Å². The van der Waals surface area contributed by atoms with Crippen LogP contribution in [0.2, 0.25) is 0 Å². The third-order valence-electron chi connectivity index (χ3n) is 11.8. The summed E-state index contributed by atoms with van der Waals surface area (Å²) in [5.41, 5.74) is 15.0. The van der Waals surface area contributed by atoms with Gasteiger partial charge in [-0.05, 0) is 112 Å². The van der Waals surface area contributed by atoms with Crippen LogP contribution in [0, 0.1) is 0 Å². The molecule has 3 aliphatic rings. The topological polar surface area (TPSA) is 38.1 Å². The molecule has 0 radical (unpaired) electrons. The minimum absolute atomic E-state index is 0.140. The Balaban J connectivity index is 1.01. The summed E-state index contributed by atoms with van der Waals surface area (Å²) in [5, 5.41) is 2.18. The highest BCUT2D eigenvalue weighted by Gasteiger charge is 2.37. The van der Waals surface area contributed by atoms with E-state index in [9.17, 15) is 0 Å². The van der Waals surface area contributed by atoms with E-state index in [0.29, 0.717) is 0 Å². The molecule has 5 nitrogen and oxygen atoms in total. The number of para-hydroxylation sites is 5. The van der Waals surface area contributed by atoms with E-state index in [1.165, 1.54) is 22.3 Å². The van der Waals surface area contributed by atoms with Crippen molar-refractivity contribution in [3.63, 3.8) is 0 Å². The predicted molar refractivity (Wildman–Crippen MR) is 226 cm³/mol. The van der Waals surface area contributed by atoms with E-state index >= 15 is 0 Å². The molecule has 0 unspecified atom stereocenters. The molecule has 0 amide bonds. The second-order valence-corrected chi connectivity index (χ2v) is 15.3. The van der Waals surface area contributed by atoms with E-state index in [2.05, 4.69) is 145 Å². The largest absolute Gasteiger partial charge is 0.456 e. The van der Waals surface area contributed by atoms with Gasteiger partial charge in [0.1, 0.15) is 16.9 Å². The smallest absolute Gasteiger partial charge is 0.156 e. The van der Waals surface area contributed by atoms with Crippen LogP contribution < -0.4 is 19.3 Å². The molecule has 0 N–H and O–H groups in total. The summed E-state index contributed by atoms with van der Waals surface area (Å²) in [4.78, 5) is 4.63. The summed E-state index contributed by atoms with van der Waals surface area (Å²) in [6, 6.07) is 59.8. The number of hydrogen-bond donors (Lipinski definition) is 0. The summed E-state index contributed by atoms with van der Waals surface area (Å²) in [5.74, 6) is 3.15. The molecule has 12 rings (SSSR count). The molecule has 0 spiro atoms. The molecule has 0 bridgehead atoms. The van der Waals surface area contributed by atoms with Gasteiger partial charge in [-0.25, -0.2) is 0 Å². The molecule has 1 aliphatic carbocycles. The standard InChI is InChI=1S/C51H34N2O3/c1-51(2)38-14-5-3-12-35(38)36-27-26-34(30-39(36)51)52(42-17-11-21-46-49(42)37-13-4-8-18-43(37)54-46)33-24-22-31(23-25-33)32-28-47-50-48(29-32)56-45-20-10-7-16-41(45)53(50)40-15-6-9-19-44(40)55-47/h3-30H,1-2H3. The maximum absolute atomic E-state index is 6.59. The predicted octanol–water partition coefficient (Wildman–Crippen LogP) is 14.7. The normalized spacial score (nSPS) is 13.9. The second kappa shape index (κ2) is 11.4. The quantitative estimate of drug-likeness (QED) is 0.181. The Morgan fingerprint density at radius 1 is 0.482 bits per heavy atom. The van der Waals surface area contributed by atoms with Gasteiger partial charge < -0.3 is 18.8 Å². The summed E-state index contributed by atoms with van der Waals surface area (Å²) in [7, 11) is 0.